The molecule has 0 fully saturated rings. The molecule has 3 nitrogen and oxygen atoms in total. The second kappa shape index (κ2) is 6.20. The van der Waals surface area contributed by atoms with Gasteiger partial charge in [-0.05, 0) is 26.0 Å². The summed E-state index contributed by atoms with van der Waals surface area (Å²) in [6.07, 6.45) is 0. The van der Waals surface area contributed by atoms with Crippen LogP contribution in [0.25, 0.3) is 0 Å². The van der Waals surface area contributed by atoms with Crippen LogP contribution in [0.5, 0.6) is 0 Å². The summed E-state index contributed by atoms with van der Waals surface area (Å²) in [7, 11) is 1.63. The number of halogens is 1. The van der Waals surface area contributed by atoms with E-state index in [-0.39, 0.29) is 24.0 Å². The zero-order valence-electron chi connectivity index (χ0n) is 10.8. The maximum atomic E-state index is 13.3. The Bertz CT molecular complexity index is 418. The minimum Gasteiger partial charge on any atom is -0.389 e. The van der Waals surface area contributed by atoms with Gasteiger partial charge in [-0.3, -0.25) is 4.79 Å². The number of rotatable bonds is 5. The number of hydrogen-bond donors (Lipinski definition) is 1. The number of carbonyl (C=O) groups excluding carboxylic acids is 1. The summed E-state index contributed by atoms with van der Waals surface area (Å²) in [6.45, 7) is 3.53. The van der Waals surface area contributed by atoms with Gasteiger partial charge >= 0.3 is 0 Å². The summed E-state index contributed by atoms with van der Waals surface area (Å²) in [6, 6.07) is 6.36. The lowest BCUT2D eigenvalue weighted by atomic mass is 10.1. The molecule has 0 saturated carbocycles. The molecule has 1 rings (SSSR count). The molecule has 0 atom stereocenters. The van der Waals surface area contributed by atoms with Gasteiger partial charge in [-0.25, -0.2) is 4.39 Å². The summed E-state index contributed by atoms with van der Waals surface area (Å²) < 4.78 is 13.3. The molecule has 0 heterocycles. The third-order valence-electron chi connectivity index (χ3n) is 2.24. The Balaban J connectivity index is 2.49. The van der Waals surface area contributed by atoms with Crippen LogP contribution in [-0.4, -0.2) is 40.9 Å². The monoisotopic (exact) mass is 271 g/mol. The van der Waals surface area contributed by atoms with Crippen LogP contribution in [0, 0.1) is 5.82 Å². The fourth-order valence-electron chi connectivity index (χ4n) is 1.48. The van der Waals surface area contributed by atoms with E-state index in [0.29, 0.717) is 4.90 Å². The summed E-state index contributed by atoms with van der Waals surface area (Å²) >= 11 is 1.16. The van der Waals surface area contributed by atoms with Crippen molar-refractivity contribution < 1.29 is 14.3 Å². The average molecular weight is 271 g/mol. The number of nitrogens with zero attached hydrogens (tertiary/aromatic N) is 1. The molecule has 0 aromatic heterocycles. The molecule has 0 radical (unpaired) electrons. The Morgan fingerprint density at radius 3 is 2.61 bits per heavy atom. The molecule has 18 heavy (non-hydrogen) atoms. The van der Waals surface area contributed by atoms with Crippen molar-refractivity contribution in [2.75, 3.05) is 19.3 Å². The molecule has 5 heteroatoms. The highest BCUT2D eigenvalue weighted by Crippen LogP contribution is 2.21. The first-order chi connectivity index (χ1) is 8.29. The van der Waals surface area contributed by atoms with Gasteiger partial charge in [0.15, 0.2) is 0 Å². The molecule has 0 unspecified atom stereocenters. The predicted octanol–water partition coefficient (Wildman–Crippen LogP) is 2.15. The first kappa shape index (κ1) is 15.0. The van der Waals surface area contributed by atoms with E-state index < -0.39 is 5.60 Å². The maximum Gasteiger partial charge on any atom is 0.232 e. The smallest absolute Gasteiger partial charge is 0.232 e. The molecular weight excluding hydrogens is 253 g/mol. The first-order valence-corrected chi connectivity index (χ1v) is 6.62. The van der Waals surface area contributed by atoms with Crippen LogP contribution in [0.3, 0.4) is 0 Å². The standard InChI is InChI=1S/C13H18FNO2S/c1-13(2,17)9-15(3)12(16)8-18-11-7-5-4-6-10(11)14/h4-7,17H,8-9H2,1-3H3. The molecule has 0 spiro atoms. The van der Waals surface area contributed by atoms with Gasteiger partial charge in [-0.1, -0.05) is 12.1 Å². The van der Waals surface area contributed by atoms with Gasteiger partial charge in [0.25, 0.3) is 0 Å². The topological polar surface area (TPSA) is 40.5 Å². The van der Waals surface area contributed by atoms with Crippen molar-refractivity contribution in [1.82, 2.24) is 4.90 Å². The predicted molar refractivity (Wildman–Crippen MR) is 71.1 cm³/mol. The lowest BCUT2D eigenvalue weighted by molar-refractivity contribution is -0.129. The second-order valence-corrected chi connectivity index (χ2v) is 5.80. The van der Waals surface area contributed by atoms with E-state index in [0.717, 1.165) is 11.8 Å². The third kappa shape index (κ3) is 5.06. The molecule has 1 aromatic rings. The second-order valence-electron chi connectivity index (χ2n) is 4.78. The lowest BCUT2D eigenvalue weighted by Gasteiger charge is -2.25. The van der Waals surface area contributed by atoms with Gasteiger partial charge < -0.3 is 10.0 Å². The Kier molecular flexibility index (Phi) is 5.16. The molecule has 0 aliphatic carbocycles. The largest absolute Gasteiger partial charge is 0.389 e. The molecule has 1 N–H and O–H groups in total. The van der Waals surface area contributed by atoms with Crippen molar-refractivity contribution >= 4 is 17.7 Å². The normalized spacial score (nSPS) is 11.4. The maximum absolute atomic E-state index is 13.3. The van der Waals surface area contributed by atoms with Crippen molar-refractivity contribution in [3.8, 4) is 0 Å². The number of likely N-dealkylation sites (N-methyl/N-ethyl adjacent to an activating group) is 1. The van der Waals surface area contributed by atoms with Crippen molar-refractivity contribution in [3.05, 3.63) is 30.1 Å². The van der Waals surface area contributed by atoms with Gasteiger partial charge in [0.05, 0.1) is 11.4 Å². The minimum absolute atomic E-state index is 0.134. The van der Waals surface area contributed by atoms with Crippen LogP contribution < -0.4 is 0 Å². The van der Waals surface area contributed by atoms with Gasteiger partial charge in [-0.2, -0.15) is 0 Å². The van der Waals surface area contributed by atoms with Gasteiger partial charge in [0, 0.05) is 18.5 Å². The lowest BCUT2D eigenvalue weighted by Crippen LogP contribution is -2.40. The van der Waals surface area contributed by atoms with Crippen LogP contribution in [0.2, 0.25) is 0 Å². The molecule has 0 bridgehead atoms. The van der Waals surface area contributed by atoms with Crippen LogP contribution >= 0.6 is 11.8 Å². The highest BCUT2D eigenvalue weighted by molar-refractivity contribution is 8.00. The van der Waals surface area contributed by atoms with Crippen molar-refractivity contribution in [3.63, 3.8) is 0 Å². The van der Waals surface area contributed by atoms with E-state index in [1.807, 2.05) is 0 Å². The average Bonchev–Trinajstić information content (AvgIpc) is 2.25. The third-order valence-corrected chi connectivity index (χ3v) is 3.27. The number of aliphatic hydroxyl groups is 1. The SMILES string of the molecule is CN(CC(C)(C)O)C(=O)CSc1ccccc1F. The Labute approximate surface area is 111 Å². The summed E-state index contributed by atoms with van der Waals surface area (Å²) in [4.78, 5) is 13.7. The van der Waals surface area contributed by atoms with Crippen molar-refractivity contribution in [1.29, 1.82) is 0 Å². The Morgan fingerprint density at radius 1 is 1.44 bits per heavy atom. The molecule has 0 aliphatic heterocycles. The molecule has 1 aromatic carbocycles. The van der Waals surface area contributed by atoms with E-state index in [1.165, 1.54) is 11.0 Å². The van der Waals surface area contributed by atoms with E-state index in [4.69, 9.17) is 0 Å². The highest BCUT2D eigenvalue weighted by Gasteiger charge is 2.19. The summed E-state index contributed by atoms with van der Waals surface area (Å²) in [5.74, 6) is -0.293. The molecular formula is C13H18FNO2S. The number of hydrogen-bond acceptors (Lipinski definition) is 3. The van der Waals surface area contributed by atoms with E-state index >= 15 is 0 Å². The number of amides is 1. The van der Waals surface area contributed by atoms with Gasteiger partial charge in [0.2, 0.25) is 5.91 Å². The number of benzene rings is 1. The van der Waals surface area contributed by atoms with Gasteiger partial charge in [0.1, 0.15) is 5.82 Å². The van der Waals surface area contributed by atoms with E-state index in [2.05, 4.69) is 0 Å². The number of thioether (sulfide) groups is 1. The Morgan fingerprint density at radius 2 is 2.06 bits per heavy atom. The molecule has 100 valence electrons. The van der Waals surface area contributed by atoms with Crippen LogP contribution in [0.15, 0.2) is 29.2 Å². The first-order valence-electron chi connectivity index (χ1n) is 5.63. The van der Waals surface area contributed by atoms with Crippen LogP contribution in [0.4, 0.5) is 4.39 Å². The Hall–Kier alpha value is -1.07. The van der Waals surface area contributed by atoms with Crippen LogP contribution in [0.1, 0.15) is 13.8 Å². The molecule has 0 saturated heterocycles. The fourth-order valence-corrected chi connectivity index (χ4v) is 2.36. The van der Waals surface area contributed by atoms with Gasteiger partial charge in [-0.15, -0.1) is 11.8 Å². The fraction of sp³-hybridized carbons (Fsp3) is 0.462. The summed E-state index contributed by atoms with van der Waals surface area (Å²) in [5, 5.41) is 9.61. The minimum atomic E-state index is -0.924. The zero-order chi connectivity index (χ0) is 13.8. The van der Waals surface area contributed by atoms with Crippen molar-refractivity contribution in [2.24, 2.45) is 0 Å². The van der Waals surface area contributed by atoms with Crippen LogP contribution in [-0.2, 0) is 4.79 Å². The van der Waals surface area contributed by atoms with E-state index in [1.54, 1.807) is 39.1 Å². The quantitative estimate of drug-likeness (QED) is 0.834. The molecule has 1 amide bonds. The molecule has 0 aliphatic rings. The highest BCUT2D eigenvalue weighted by atomic mass is 32.2. The van der Waals surface area contributed by atoms with E-state index in [9.17, 15) is 14.3 Å². The summed E-state index contributed by atoms with van der Waals surface area (Å²) in [5.41, 5.74) is -0.924. The number of carbonyl (C=O) groups is 1. The van der Waals surface area contributed by atoms with Crippen molar-refractivity contribution in [2.45, 2.75) is 24.3 Å². The zero-order valence-corrected chi connectivity index (χ0v) is 11.6.